The summed E-state index contributed by atoms with van der Waals surface area (Å²) in [5.74, 6) is -3.00. The molecule has 8 heteroatoms. The van der Waals surface area contributed by atoms with Gasteiger partial charge in [-0.2, -0.15) is 0 Å². The maximum atomic E-state index is 11.4. The fourth-order valence-electron chi connectivity index (χ4n) is 1.32. The molecule has 0 heterocycles. The highest BCUT2D eigenvalue weighted by Crippen LogP contribution is 1.98. The molecule has 1 unspecified atom stereocenters. The van der Waals surface area contributed by atoms with Gasteiger partial charge in [0, 0.05) is 26.3 Å². The van der Waals surface area contributed by atoms with Gasteiger partial charge in [0.15, 0.2) is 0 Å². The van der Waals surface area contributed by atoms with Gasteiger partial charge in [0.25, 0.3) is 0 Å². The number of carbonyl (C=O) groups excluding carboxylic acids is 2. The van der Waals surface area contributed by atoms with Gasteiger partial charge in [-0.25, -0.2) is 4.79 Å². The first-order valence-corrected chi connectivity index (χ1v) is 5.81. The van der Waals surface area contributed by atoms with E-state index < -0.39 is 23.9 Å². The molecule has 0 rings (SSSR count). The third kappa shape index (κ3) is 9.57. The zero-order valence-electron chi connectivity index (χ0n) is 10.6. The van der Waals surface area contributed by atoms with Gasteiger partial charge in [-0.05, 0) is 12.8 Å². The molecule has 0 spiro atoms. The average Bonchev–Trinajstić information content (AvgIpc) is 2.26. The molecule has 0 radical (unpaired) electrons. The molecule has 4 N–H and O–H groups in total. The molecular formula is C11H18N2O6. The standard InChI is InChI=1S/C11H18N2O6/c1-7(14)12-6-5-8(11(18)19)13-9(15)3-2-4-10(16)17/h8H,2-6H2,1H3,(H,12,14)(H,13,15)(H,16,17)(H,18,19). The Morgan fingerprint density at radius 2 is 1.74 bits per heavy atom. The van der Waals surface area contributed by atoms with E-state index in [0.29, 0.717) is 0 Å². The van der Waals surface area contributed by atoms with Crippen molar-refractivity contribution in [2.75, 3.05) is 6.54 Å². The highest BCUT2D eigenvalue weighted by atomic mass is 16.4. The van der Waals surface area contributed by atoms with E-state index in [2.05, 4.69) is 10.6 Å². The van der Waals surface area contributed by atoms with E-state index in [0.717, 1.165) is 0 Å². The molecule has 0 aliphatic rings. The molecule has 8 nitrogen and oxygen atoms in total. The number of nitrogens with one attached hydrogen (secondary N) is 2. The van der Waals surface area contributed by atoms with Crippen molar-refractivity contribution in [2.24, 2.45) is 0 Å². The zero-order chi connectivity index (χ0) is 14.8. The minimum absolute atomic E-state index is 0.0454. The molecule has 0 saturated carbocycles. The van der Waals surface area contributed by atoms with Crippen molar-refractivity contribution in [1.82, 2.24) is 10.6 Å². The number of carbonyl (C=O) groups is 4. The van der Waals surface area contributed by atoms with Crippen molar-refractivity contribution in [3.8, 4) is 0 Å². The molecule has 108 valence electrons. The number of hydrogen-bond acceptors (Lipinski definition) is 4. The van der Waals surface area contributed by atoms with Crippen molar-refractivity contribution in [2.45, 2.75) is 38.6 Å². The highest BCUT2D eigenvalue weighted by Gasteiger charge is 2.19. The Kier molecular flexibility index (Phi) is 7.90. The molecule has 19 heavy (non-hydrogen) atoms. The first-order valence-electron chi connectivity index (χ1n) is 5.81. The van der Waals surface area contributed by atoms with E-state index in [1.165, 1.54) is 6.92 Å². The van der Waals surface area contributed by atoms with Gasteiger partial charge >= 0.3 is 11.9 Å². The normalized spacial score (nSPS) is 11.4. The molecule has 0 aromatic heterocycles. The van der Waals surface area contributed by atoms with Crippen LogP contribution in [0.25, 0.3) is 0 Å². The molecule has 0 aliphatic carbocycles. The van der Waals surface area contributed by atoms with Gasteiger partial charge in [0.2, 0.25) is 11.8 Å². The summed E-state index contributed by atoms with van der Waals surface area (Å²) in [5, 5.41) is 22.0. The molecule has 0 aromatic rings. The van der Waals surface area contributed by atoms with Crippen LogP contribution in [-0.4, -0.2) is 46.6 Å². The molecule has 2 amide bonds. The van der Waals surface area contributed by atoms with Crippen LogP contribution < -0.4 is 10.6 Å². The van der Waals surface area contributed by atoms with Crippen LogP contribution in [0.2, 0.25) is 0 Å². The van der Waals surface area contributed by atoms with Gasteiger partial charge in [-0.3, -0.25) is 14.4 Å². The number of carboxylic acid groups (broad SMARTS) is 2. The topological polar surface area (TPSA) is 133 Å². The summed E-state index contributed by atoms with van der Waals surface area (Å²) < 4.78 is 0. The summed E-state index contributed by atoms with van der Waals surface area (Å²) in [6.07, 6.45) is 0.0338. The van der Waals surface area contributed by atoms with Crippen LogP contribution in [0.1, 0.15) is 32.6 Å². The van der Waals surface area contributed by atoms with E-state index in [4.69, 9.17) is 10.2 Å². The van der Waals surface area contributed by atoms with Crippen LogP contribution in [-0.2, 0) is 19.2 Å². The van der Waals surface area contributed by atoms with Gasteiger partial charge in [-0.1, -0.05) is 0 Å². The monoisotopic (exact) mass is 274 g/mol. The zero-order valence-corrected chi connectivity index (χ0v) is 10.6. The van der Waals surface area contributed by atoms with Crippen LogP contribution in [0, 0.1) is 0 Å². The Balaban J connectivity index is 4.04. The smallest absolute Gasteiger partial charge is 0.326 e. The molecule has 1 atom stereocenters. The number of carboxylic acids is 2. The van der Waals surface area contributed by atoms with Crippen molar-refractivity contribution >= 4 is 23.8 Å². The van der Waals surface area contributed by atoms with E-state index in [1.54, 1.807) is 0 Å². The Hall–Kier alpha value is -2.12. The lowest BCUT2D eigenvalue weighted by Gasteiger charge is -2.14. The second kappa shape index (κ2) is 8.90. The predicted molar refractivity (Wildman–Crippen MR) is 64.4 cm³/mol. The summed E-state index contributed by atoms with van der Waals surface area (Å²) >= 11 is 0. The number of aliphatic carboxylic acids is 2. The lowest BCUT2D eigenvalue weighted by molar-refractivity contribution is -0.142. The Bertz CT molecular complexity index is 355. The fraction of sp³-hybridized carbons (Fsp3) is 0.636. The molecule has 0 bridgehead atoms. The number of rotatable bonds is 9. The quantitative estimate of drug-likeness (QED) is 0.441. The minimum atomic E-state index is -1.20. The van der Waals surface area contributed by atoms with Gasteiger partial charge < -0.3 is 20.8 Å². The molecule has 0 aromatic carbocycles. The first-order chi connectivity index (χ1) is 8.82. The Morgan fingerprint density at radius 3 is 2.21 bits per heavy atom. The third-order valence-corrected chi connectivity index (χ3v) is 2.23. The van der Waals surface area contributed by atoms with Crippen LogP contribution in [0.15, 0.2) is 0 Å². The maximum absolute atomic E-state index is 11.4. The van der Waals surface area contributed by atoms with E-state index >= 15 is 0 Å². The van der Waals surface area contributed by atoms with Crippen LogP contribution in [0.3, 0.4) is 0 Å². The van der Waals surface area contributed by atoms with Crippen LogP contribution in [0.5, 0.6) is 0 Å². The molecular weight excluding hydrogens is 256 g/mol. The van der Waals surface area contributed by atoms with Crippen LogP contribution in [0.4, 0.5) is 0 Å². The Morgan fingerprint density at radius 1 is 1.11 bits per heavy atom. The van der Waals surface area contributed by atoms with Crippen molar-refractivity contribution in [3.63, 3.8) is 0 Å². The fourth-order valence-corrected chi connectivity index (χ4v) is 1.32. The summed E-state index contributed by atoms with van der Waals surface area (Å²) in [5.41, 5.74) is 0. The summed E-state index contributed by atoms with van der Waals surface area (Å²) in [6, 6.07) is -1.09. The largest absolute Gasteiger partial charge is 0.481 e. The van der Waals surface area contributed by atoms with Crippen molar-refractivity contribution in [1.29, 1.82) is 0 Å². The van der Waals surface area contributed by atoms with Crippen molar-refractivity contribution in [3.05, 3.63) is 0 Å². The SMILES string of the molecule is CC(=O)NCCC(NC(=O)CCCC(=O)O)C(=O)O. The van der Waals surface area contributed by atoms with Crippen molar-refractivity contribution < 1.29 is 29.4 Å². The third-order valence-electron chi connectivity index (χ3n) is 2.23. The lowest BCUT2D eigenvalue weighted by Crippen LogP contribution is -2.42. The summed E-state index contributed by atoms with van der Waals surface area (Å²) in [4.78, 5) is 43.1. The molecule has 0 saturated heterocycles. The minimum Gasteiger partial charge on any atom is -0.481 e. The van der Waals surface area contributed by atoms with Gasteiger partial charge in [0.1, 0.15) is 6.04 Å². The predicted octanol–water partition coefficient (Wildman–Crippen LogP) is -0.663. The second-order valence-electron chi connectivity index (χ2n) is 3.98. The molecule has 0 fully saturated rings. The second-order valence-corrected chi connectivity index (χ2v) is 3.98. The van der Waals surface area contributed by atoms with E-state index in [-0.39, 0.29) is 38.1 Å². The summed E-state index contributed by atoms with van der Waals surface area (Å²) in [7, 11) is 0. The van der Waals surface area contributed by atoms with Gasteiger partial charge in [-0.15, -0.1) is 0 Å². The lowest BCUT2D eigenvalue weighted by atomic mass is 10.1. The average molecular weight is 274 g/mol. The van der Waals surface area contributed by atoms with E-state index in [9.17, 15) is 19.2 Å². The van der Waals surface area contributed by atoms with Crippen LogP contribution >= 0.6 is 0 Å². The first kappa shape index (κ1) is 16.9. The number of amides is 2. The maximum Gasteiger partial charge on any atom is 0.326 e. The van der Waals surface area contributed by atoms with Gasteiger partial charge in [0.05, 0.1) is 0 Å². The highest BCUT2D eigenvalue weighted by molar-refractivity contribution is 5.83. The molecule has 0 aliphatic heterocycles. The van der Waals surface area contributed by atoms with E-state index in [1.807, 2.05) is 0 Å². The number of hydrogen-bond donors (Lipinski definition) is 4. The Labute approximate surface area is 110 Å². The summed E-state index contributed by atoms with van der Waals surface area (Å²) in [6.45, 7) is 1.45.